The Balaban J connectivity index is 2.28. The van der Waals surface area contributed by atoms with E-state index >= 15 is 0 Å². The fraction of sp³-hybridized carbons (Fsp3) is 0. The van der Waals surface area contributed by atoms with Crippen molar-refractivity contribution in [2.45, 2.75) is 0 Å². The normalized spacial score (nSPS) is 10.1. The van der Waals surface area contributed by atoms with Gasteiger partial charge in [-0.15, -0.1) is 0 Å². The van der Waals surface area contributed by atoms with Gasteiger partial charge in [0.25, 0.3) is 5.91 Å². The molecule has 0 unspecified atom stereocenters. The van der Waals surface area contributed by atoms with Crippen LogP contribution in [0.1, 0.15) is 10.4 Å². The van der Waals surface area contributed by atoms with Crippen molar-refractivity contribution in [3.63, 3.8) is 0 Å². The van der Waals surface area contributed by atoms with Crippen molar-refractivity contribution >= 4 is 33.2 Å². The van der Waals surface area contributed by atoms with E-state index in [1.807, 2.05) is 0 Å². The summed E-state index contributed by atoms with van der Waals surface area (Å²) in [7, 11) is 0. The molecule has 1 N–H and O–H groups in total. The Morgan fingerprint density at radius 3 is 2.45 bits per heavy atom. The lowest BCUT2D eigenvalue weighted by Crippen LogP contribution is -2.14. The van der Waals surface area contributed by atoms with Crippen molar-refractivity contribution < 1.29 is 14.1 Å². The minimum Gasteiger partial charge on any atom is -0.322 e. The van der Waals surface area contributed by atoms with Crippen LogP contribution in [0.5, 0.6) is 0 Å². The summed E-state index contributed by atoms with van der Waals surface area (Å²) in [4.78, 5) is 21.7. The Morgan fingerprint density at radius 1 is 1.20 bits per heavy atom. The third kappa shape index (κ3) is 3.00. The summed E-state index contributed by atoms with van der Waals surface area (Å²) in [6.45, 7) is 0. The first-order valence-electron chi connectivity index (χ1n) is 5.49. The predicted octanol–water partition coefficient (Wildman–Crippen LogP) is 3.75. The number of nitrogens with one attached hydrogen (secondary N) is 1. The topological polar surface area (TPSA) is 72.2 Å². The van der Waals surface area contributed by atoms with Gasteiger partial charge in [0.2, 0.25) is 5.82 Å². The van der Waals surface area contributed by atoms with Crippen molar-refractivity contribution in [2.24, 2.45) is 0 Å². The number of nitro benzene ring substituents is 1. The fourth-order valence-electron chi connectivity index (χ4n) is 1.57. The molecule has 0 heterocycles. The quantitative estimate of drug-likeness (QED) is 0.684. The lowest BCUT2D eigenvalue weighted by atomic mass is 10.1. The van der Waals surface area contributed by atoms with Gasteiger partial charge in [-0.2, -0.15) is 4.39 Å². The van der Waals surface area contributed by atoms with Crippen LogP contribution in [0.25, 0.3) is 0 Å². The van der Waals surface area contributed by atoms with Gasteiger partial charge in [0.05, 0.1) is 10.5 Å². The summed E-state index contributed by atoms with van der Waals surface area (Å²) in [6, 6.07) is 10.1. The maximum absolute atomic E-state index is 13.8. The number of nitrogens with zero attached hydrogens (tertiary/aromatic N) is 1. The summed E-state index contributed by atoms with van der Waals surface area (Å²) in [5.74, 6) is -1.89. The zero-order chi connectivity index (χ0) is 14.7. The Labute approximate surface area is 121 Å². The molecule has 2 rings (SSSR count). The number of benzene rings is 2. The van der Waals surface area contributed by atoms with E-state index in [2.05, 4.69) is 21.2 Å². The van der Waals surface area contributed by atoms with E-state index in [0.29, 0.717) is 5.69 Å². The van der Waals surface area contributed by atoms with Crippen LogP contribution < -0.4 is 5.32 Å². The van der Waals surface area contributed by atoms with Gasteiger partial charge in [-0.3, -0.25) is 14.9 Å². The van der Waals surface area contributed by atoms with Crippen molar-refractivity contribution in [1.82, 2.24) is 0 Å². The van der Waals surface area contributed by atoms with Gasteiger partial charge in [-0.05, 0) is 30.3 Å². The molecule has 5 nitrogen and oxygen atoms in total. The molecule has 0 fully saturated rings. The van der Waals surface area contributed by atoms with E-state index < -0.39 is 22.3 Å². The third-order valence-corrected chi connectivity index (χ3v) is 3.05. The van der Waals surface area contributed by atoms with Crippen LogP contribution in [0.3, 0.4) is 0 Å². The summed E-state index contributed by atoms with van der Waals surface area (Å²) in [5, 5.41) is 13.1. The minimum absolute atomic E-state index is 0.373. The molecule has 0 aromatic heterocycles. The SMILES string of the molecule is O=C(Nc1ccc(Br)cc1)c1cccc([N+](=O)[O-])c1F. The highest BCUT2D eigenvalue weighted by molar-refractivity contribution is 9.10. The fourth-order valence-corrected chi connectivity index (χ4v) is 1.83. The van der Waals surface area contributed by atoms with Crippen LogP contribution in [0.2, 0.25) is 0 Å². The number of anilines is 1. The first kappa shape index (κ1) is 14.1. The van der Waals surface area contributed by atoms with Gasteiger partial charge < -0.3 is 5.32 Å². The maximum Gasteiger partial charge on any atom is 0.305 e. The van der Waals surface area contributed by atoms with E-state index in [1.54, 1.807) is 24.3 Å². The number of hydrogen-bond donors (Lipinski definition) is 1. The molecular weight excluding hydrogens is 331 g/mol. The molecule has 0 saturated carbocycles. The molecule has 0 atom stereocenters. The number of carbonyl (C=O) groups excluding carboxylic acids is 1. The Hall–Kier alpha value is -2.28. The van der Waals surface area contributed by atoms with E-state index in [0.717, 1.165) is 10.5 Å². The predicted molar refractivity (Wildman–Crippen MR) is 75.1 cm³/mol. The van der Waals surface area contributed by atoms with Gasteiger partial charge in [-0.25, -0.2) is 0 Å². The number of hydrogen-bond acceptors (Lipinski definition) is 3. The molecule has 2 aromatic carbocycles. The van der Waals surface area contributed by atoms with Gasteiger partial charge in [0, 0.05) is 16.2 Å². The molecule has 0 aliphatic heterocycles. The highest BCUT2D eigenvalue weighted by Gasteiger charge is 2.21. The van der Waals surface area contributed by atoms with Crippen LogP contribution in [-0.2, 0) is 0 Å². The smallest absolute Gasteiger partial charge is 0.305 e. The molecule has 0 aliphatic carbocycles. The Kier molecular flexibility index (Phi) is 4.09. The van der Waals surface area contributed by atoms with Gasteiger partial charge in [-0.1, -0.05) is 22.0 Å². The monoisotopic (exact) mass is 338 g/mol. The molecule has 0 bridgehead atoms. The molecule has 102 valence electrons. The van der Waals surface area contributed by atoms with Crippen molar-refractivity contribution in [3.05, 3.63) is 68.4 Å². The van der Waals surface area contributed by atoms with Gasteiger partial charge >= 0.3 is 5.69 Å². The maximum atomic E-state index is 13.8. The first-order chi connectivity index (χ1) is 9.49. The van der Waals surface area contributed by atoms with Crippen LogP contribution in [0, 0.1) is 15.9 Å². The average Bonchev–Trinajstić information content (AvgIpc) is 2.41. The van der Waals surface area contributed by atoms with Crippen molar-refractivity contribution in [2.75, 3.05) is 5.32 Å². The van der Waals surface area contributed by atoms with E-state index in [-0.39, 0.29) is 5.56 Å². The molecule has 0 saturated heterocycles. The summed E-state index contributed by atoms with van der Waals surface area (Å²) < 4.78 is 14.7. The second kappa shape index (κ2) is 5.79. The number of rotatable bonds is 3. The molecule has 2 aromatic rings. The van der Waals surface area contributed by atoms with Gasteiger partial charge in [0.1, 0.15) is 0 Å². The Bertz CT molecular complexity index is 674. The lowest BCUT2D eigenvalue weighted by Gasteiger charge is -2.06. The second-order valence-corrected chi connectivity index (χ2v) is 4.77. The zero-order valence-corrected chi connectivity index (χ0v) is 11.6. The summed E-state index contributed by atoms with van der Waals surface area (Å²) >= 11 is 3.25. The number of carbonyl (C=O) groups is 1. The van der Waals surface area contributed by atoms with Crippen LogP contribution in [0.4, 0.5) is 15.8 Å². The second-order valence-electron chi connectivity index (χ2n) is 3.86. The Morgan fingerprint density at radius 2 is 1.85 bits per heavy atom. The standard InChI is InChI=1S/C13H8BrFN2O3/c14-8-4-6-9(7-5-8)16-13(18)10-2-1-3-11(12(10)15)17(19)20/h1-7H,(H,16,18). The molecule has 0 radical (unpaired) electrons. The molecule has 20 heavy (non-hydrogen) atoms. The minimum atomic E-state index is -1.15. The molecule has 0 spiro atoms. The van der Waals surface area contributed by atoms with E-state index in [9.17, 15) is 19.3 Å². The number of nitro groups is 1. The first-order valence-corrected chi connectivity index (χ1v) is 6.28. The summed E-state index contributed by atoms with van der Waals surface area (Å²) in [5.41, 5.74) is -0.639. The molecule has 7 heteroatoms. The van der Waals surface area contributed by atoms with Crippen molar-refractivity contribution in [1.29, 1.82) is 0 Å². The molecular formula is C13H8BrFN2O3. The van der Waals surface area contributed by atoms with E-state index in [1.165, 1.54) is 12.1 Å². The van der Waals surface area contributed by atoms with Crippen LogP contribution in [0.15, 0.2) is 46.9 Å². The van der Waals surface area contributed by atoms with Crippen molar-refractivity contribution in [3.8, 4) is 0 Å². The number of halogens is 2. The zero-order valence-electron chi connectivity index (χ0n) is 9.97. The number of amides is 1. The molecule has 0 aliphatic rings. The summed E-state index contributed by atoms with van der Waals surface area (Å²) in [6.07, 6.45) is 0. The highest BCUT2D eigenvalue weighted by atomic mass is 79.9. The van der Waals surface area contributed by atoms with Crippen LogP contribution in [-0.4, -0.2) is 10.8 Å². The highest BCUT2D eigenvalue weighted by Crippen LogP contribution is 2.21. The van der Waals surface area contributed by atoms with Crippen LogP contribution >= 0.6 is 15.9 Å². The molecule has 1 amide bonds. The third-order valence-electron chi connectivity index (χ3n) is 2.52. The van der Waals surface area contributed by atoms with Gasteiger partial charge in [0.15, 0.2) is 0 Å². The average molecular weight is 339 g/mol. The lowest BCUT2D eigenvalue weighted by molar-refractivity contribution is -0.387. The largest absolute Gasteiger partial charge is 0.322 e. The van der Waals surface area contributed by atoms with E-state index in [4.69, 9.17) is 0 Å².